The number of rotatable bonds is 5. The first kappa shape index (κ1) is 19.7. The van der Waals surface area contributed by atoms with Gasteiger partial charge >= 0.3 is 6.03 Å². The fourth-order valence-electron chi connectivity index (χ4n) is 4.47. The molecule has 0 aromatic heterocycles. The number of hydrogen-bond acceptors (Lipinski definition) is 3. The molecule has 3 amide bonds. The maximum absolute atomic E-state index is 12.3. The zero-order chi connectivity index (χ0) is 19.4. The largest absolute Gasteiger partial charge is 0.352 e. The van der Waals surface area contributed by atoms with E-state index in [1.165, 1.54) is 24.0 Å². The number of primary amides is 1. The molecule has 6 heteroatoms. The molecule has 2 aliphatic rings. The first-order valence-electron chi connectivity index (χ1n) is 9.99. The number of benzene rings is 1. The lowest BCUT2D eigenvalue weighted by Gasteiger charge is -2.40. The Morgan fingerprint density at radius 1 is 1.15 bits per heavy atom. The van der Waals surface area contributed by atoms with Crippen molar-refractivity contribution in [3.63, 3.8) is 0 Å². The average molecular weight is 373 g/mol. The SMILES string of the molecule is CC(C)c1ccc(CN2CCC[C@@]3(CCN(C(=O)CNC(N)=O)C3)C2)cc1. The molecule has 3 N–H and O–H groups in total. The fourth-order valence-corrected chi connectivity index (χ4v) is 4.47. The van der Waals surface area contributed by atoms with E-state index in [0.29, 0.717) is 5.92 Å². The number of amides is 3. The summed E-state index contributed by atoms with van der Waals surface area (Å²) in [7, 11) is 0. The van der Waals surface area contributed by atoms with Crippen LogP contribution in [0.5, 0.6) is 0 Å². The van der Waals surface area contributed by atoms with Crippen molar-refractivity contribution >= 4 is 11.9 Å². The van der Waals surface area contributed by atoms with Gasteiger partial charge in [0.2, 0.25) is 5.91 Å². The number of nitrogens with one attached hydrogen (secondary N) is 1. The highest BCUT2D eigenvalue weighted by Gasteiger charge is 2.42. The third-order valence-corrected chi connectivity index (χ3v) is 6.00. The Labute approximate surface area is 162 Å². The highest BCUT2D eigenvalue weighted by atomic mass is 16.2. The summed E-state index contributed by atoms with van der Waals surface area (Å²) < 4.78 is 0. The first-order valence-corrected chi connectivity index (χ1v) is 9.99. The lowest BCUT2D eigenvalue weighted by molar-refractivity contribution is -0.129. The number of nitrogens with zero attached hydrogens (tertiary/aromatic N) is 2. The summed E-state index contributed by atoms with van der Waals surface area (Å²) in [5, 5.41) is 2.40. The van der Waals surface area contributed by atoms with E-state index in [4.69, 9.17) is 5.73 Å². The van der Waals surface area contributed by atoms with E-state index in [9.17, 15) is 9.59 Å². The maximum Gasteiger partial charge on any atom is 0.312 e. The molecule has 1 aromatic carbocycles. The van der Waals surface area contributed by atoms with E-state index < -0.39 is 6.03 Å². The van der Waals surface area contributed by atoms with E-state index in [1.807, 2.05) is 4.90 Å². The Balaban J connectivity index is 1.56. The summed E-state index contributed by atoms with van der Waals surface area (Å²) in [6.45, 7) is 9.11. The molecule has 1 spiro atoms. The molecule has 2 aliphatic heterocycles. The van der Waals surface area contributed by atoms with Crippen LogP contribution in [0.2, 0.25) is 0 Å². The van der Waals surface area contributed by atoms with E-state index in [2.05, 4.69) is 48.3 Å². The van der Waals surface area contributed by atoms with Gasteiger partial charge in [0.15, 0.2) is 0 Å². The van der Waals surface area contributed by atoms with Gasteiger partial charge in [-0.2, -0.15) is 0 Å². The van der Waals surface area contributed by atoms with Crippen LogP contribution >= 0.6 is 0 Å². The molecule has 27 heavy (non-hydrogen) atoms. The van der Waals surface area contributed by atoms with Gasteiger partial charge in [-0.15, -0.1) is 0 Å². The summed E-state index contributed by atoms with van der Waals surface area (Å²) in [6, 6.07) is 8.32. The molecule has 3 rings (SSSR count). The van der Waals surface area contributed by atoms with Crippen molar-refractivity contribution in [2.75, 3.05) is 32.7 Å². The highest BCUT2D eigenvalue weighted by molar-refractivity contribution is 5.83. The van der Waals surface area contributed by atoms with Crippen molar-refractivity contribution in [1.29, 1.82) is 0 Å². The Hall–Kier alpha value is -2.08. The normalized spacial score (nSPS) is 23.1. The molecular weight excluding hydrogens is 340 g/mol. The van der Waals surface area contributed by atoms with Gasteiger partial charge in [0.05, 0.1) is 6.54 Å². The van der Waals surface area contributed by atoms with Crippen molar-refractivity contribution in [1.82, 2.24) is 15.1 Å². The summed E-state index contributed by atoms with van der Waals surface area (Å²) in [5.74, 6) is 0.524. The van der Waals surface area contributed by atoms with Crippen LogP contribution in [0.15, 0.2) is 24.3 Å². The quantitative estimate of drug-likeness (QED) is 0.832. The second kappa shape index (κ2) is 8.30. The van der Waals surface area contributed by atoms with Crippen molar-refractivity contribution in [3.8, 4) is 0 Å². The number of carbonyl (C=O) groups is 2. The van der Waals surface area contributed by atoms with Crippen LogP contribution in [0.4, 0.5) is 4.79 Å². The van der Waals surface area contributed by atoms with Crippen LogP contribution in [-0.2, 0) is 11.3 Å². The van der Waals surface area contributed by atoms with Crippen molar-refractivity contribution in [2.45, 2.75) is 45.6 Å². The molecule has 148 valence electrons. The van der Waals surface area contributed by atoms with Crippen LogP contribution < -0.4 is 11.1 Å². The van der Waals surface area contributed by atoms with Gasteiger partial charge in [-0.1, -0.05) is 38.1 Å². The minimum absolute atomic E-state index is 0.00265. The number of nitrogens with two attached hydrogens (primary N) is 1. The fraction of sp³-hybridized carbons (Fsp3) is 0.619. The van der Waals surface area contributed by atoms with Crippen molar-refractivity contribution in [2.24, 2.45) is 11.1 Å². The van der Waals surface area contributed by atoms with E-state index in [-0.39, 0.29) is 17.9 Å². The van der Waals surface area contributed by atoms with Crippen molar-refractivity contribution < 1.29 is 9.59 Å². The lowest BCUT2D eigenvalue weighted by Crippen LogP contribution is -2.46. The van der Waals surface area contributed by atoms with E-state index in [0.717, 1.165) is 39.1 Å². The minimum Gasteiger partial charge on any atom is -0.352 e. The second-order valence-corrected chi connectivity index (χ2v) is 8.49. The van der Waals surface area contributed by atoms with Crippen LogP contribution in [0.3, 0.4) is 0 Å². The van der Waals surface area contributed by atoms with Gasteiger partial charge < -0.3 is 16.0 Å². The van der Waals surface area contributed by atoms with Gasteiger partial charge in [-0.3, -0.25) is 9.69 Å². The Morgan fingerprint density at radius 2 is 1.89 bits per heavy atom. The summed E-state index contributed by atoms with van der Waals surface area (Å²) in [5.41, 5.74) is 7.99. The zero-order valence-corrected chi connectivity index (χ0v) is 16.5. The minimum atomic E-state index is -0.649. The summed E-state index contributed by atoms with van der Waals surface area (Å²) in [6.07, 6.45) is 3.38. The van der Waals surface area contributed by atoms with Gasteiger partial charge in [0.25, 0.3) is 0 Å². The maximum atomic E-state index is 12.3. The standard InChI is InChI=1S/C21H32N4O2/c1-16(2)18-6-4-17(5-7-18)13-24-10-3-8-21(14-24)9-11-25(15-21)19(26)12-23-20(22)27/h4-7,16H,3,8-15H2,1-2H3,(H3,22,23,27)/t21-/m1/s1. The lowest BCUT2D eigenvalue weighted by atomic mass is 9.79. The molecule has 0 aliphatic carbocycles. The first-order chi connectivity index (χ1) is 12.9. The summed E-state index contributed by atoms with van der Waals surface area (Å²) in [4.78, 5) is 27.5. The molecule has 1 atom stereocenters. The topological polar surface area (TPSA) is 78.7 Å². The van der Waals surface area contributed by atoms with Crippen LogP contribution in [0.25, 0.3) is 0 Å². The molecule has 0 bridgehead atoms. The number of piperidine rings is 1. The number of urea groups is 1. The molecule has 2 heterocycles. The van der Waals surface area contributed by atoms with Gasteiger partial charge in [-0.05, 0) is 42.9 Å². The van der Waals surface area contributed by atoms with Crippen LogP contribution in [-0.4, -0.2) is 54.5 Å². The van der Waals surface area contributed by atoms with Gasteiger partial charge in [0, 0.05) is 31.6 Å². The van der Waals surface area contributed by atoms with Gasteiger partial charge in [-0.25, -0.2) is 4.79 Å². The Kier molecular flexibility index (Phi) is 6.05. The average Bonchev–Trinajstić information content (AvgIpc) is 3.03. The molecule has 2 saturated heterocycles. The number of hydrogen-bond donors (Lipinski definition) is 2. The summed E-state index contributed by atoms with van der Waals surface area (Å²) >= 11 is 0. The zero-order valence-electron chi connectivity index (χ0n) is 16.5. The smallest absolute Gasteiger partial charge is 0.312 e. The predicted octanol–water partition coefficient (Wildman–Crippen LogP) is 2.29. The van der Waals surface area contributed by atoms with E-state index in [1.54, 1.807) is 0 Å². The van der Waals surface area contributed by atoms with E-state index >= 15 is 0 Å². The molecule has 0 unspecified atom stereocenters. The van der Waals surface area contributed by atoms with Crippen LogP contribution in [0, 0.1) is 5.41 Å². The molecule has 0 radical (unpaired) electrons. The van der Waals surface area contributed by atoms with Gasteiger partial charge in [0.1, 0.15) is 0 Å². The number of likely N-dealkylation sites (tertiary alicyclic amines) is 2. The Bertz CT molecular complexity index is 673. The van der Waals surface area contributed by atoms with Crippen molar-refractivity contribution in [3.05, 3.63) is 35.4 Å². The molecular formula is C21H32N4O2. The monoisotopic (exact) mass is 372 g/mol. The Morgan fingerprint density at radius 3 is 2.56 bits per heavy atom. The highest BCUT2D eigenvalue weighted by Crippen LogP contribution is 2.39. The third-order valence-electron chi connectivity index (χ3n) is 6.00. The molecule has 1 aromatic rings. The molecule has 6 nitrogen and oxygen atoms in total. The molecule has 2 fully saturated rings. The number of carbonyl (C=O) groups excluding carboxylic acids is 2. The van der Waals surface area contributed by atoms with Crippen LogP contribution in [0.1, 0.15) is 50.2 Å². The third kappa shape index (κ3) is 5.01. The second-order valence-electron chi connectivity index (χ2n) is 8.49. The molecule has 0 saturated carbocycles. The predicted molar refractivity (Wildman–Crippen MR) is 106 cm³/mol.